The quantitative estimate of drug-likeness (QED) is 0.864. The van der Waals surface area contributed by atoms with Crippen LogP contribution in [0.2, 0.25) is 0 Å². The summed E-state index contributed by atoms with van der Waals surface area (Å²) in [6.45, 7) is 0.901. The molecule has 23 heavy (non-hydrogen) atoms. The van der Waals surface area contributed by atoms with Crippen molar-refractivity contribution in [2.24, 2.45) is 5.92 Å². The number of hydrogen-bond donors (Lipinski definition) is 1. The van der Waals surface area contributed by atoms with Gasteiger partial charge in [-0.25, -0.2) is 9.07 Å². The Morgan fingerprint density at radius 3 is 3.04 bits per heavy atom. The van der Waals surface area contributed by atoms with Gasteiger partial charge in [-0.1, -0.05) is 0 Å². The lowest BCUT2D eigenvalue weighted by Crippen LogP contribution is -2.19. The Bertz CT molecular complexity index is 727. The zero-order chi connectivity index (χ0) is 16.0. The molecule has 0 radical (unpaired) electrons. The molecule has 1 saturated carbocycles. The molecule has 2 heterocycles. The van der Waals surface area contributed by atoms with Crippen LogP contribution in [0.25, 0.3) is 10.9 Å². The van der Waals surface area contributed by atoms with Gasteiger partial charge in [0.05, 0.1) is 11.7 Å². The van der Waals surface area contributed by atoms with Crippen molar-refractivity contribution in [1.82, 2.24) is 9.78 Å². The number of benzene rings is 1. The smallest absolute Gasteiger partial charge is 0.150 e. The number of fused-ring (bicyclic) bond motifs is 1. The molecule has 0 spiro atoms. The summed E-state index contributed by atoms with van der Waals surface area (Å²) in [4.78, 5) is 0. The number of hydrogen-bond acceptors (Lipinski definition) is 3. The van der Waals surface area contributed by atoms with Gasteiger partial charge in [-0.2, -0.15) is 5.10 Å². The summed E-state index contributed by atoms with van der Waals surface area (Å²) in [6.07, 6.45) is 6.49. The molecule has 4 rings (SSSR count). The lowest BCUT2D eigenvalue weighted by molar-refractivity contribution is -0.0366. The molecule has 0 amide bonds. The fraction of sp³-hybridized carbons (Fsp3) is 0.588. The van der Waals surface area contributed by atoms with Crippen molar-refractivity contribution in [3.63, 3.8) is 0 Å². The van der Waals surface area contributed by atoms with Crippen molar-refractivity contribution >= 4 is 26.8 Å². The molecule has 1 unspecified atom stereocenters. The Morgan fingerprint density at radius 2 is 2.30 bits per heavy atom. The first kappa shape index (κ1) is 15.5. The maximum Gasteiger partial charge on any atom is 0.150 e. The monoisotopic (exact) mass is 382 g/mol. The number of rotatable bonds is 4. The average molecular weight is 383 g/mol. The van der Waals surface area contributed by atoms with E-state index >= 15 is 0 Å². The minimum Gasteiger partial charge on any atom is -0.396 e. The van der Waals surface area contributed by atoms with Gasteiger partial charge in [0.25, 0.3) is 0 Å². The second kappa shape index (κ2) is 6.15. The largest absolute Gasteiger partial charge is 0.396 e. The van der Waals surface area contributed by atoms with Gasteiger partial charge in [-0.3, -0.25) is 0 Å². The normalized spacial score (nSPS) is 27.5. The summed E-state index contributed by atoms with van der Waals surface area (Å²) in [7, 11) is 0. The molecular weight excluding hydrogens is 363 g/mol. The minimum atomic E-state index is -0.188. The van der Waals surface area contributed by atoms with Crippen LogP contribution in [0, 0.1) is 11.7 Å². The topological polar surface area (TPSA) is 47.3 Å². The summed E-state index contributed by atoms with van der Waals surface area (Å²) in [5, 5.41) is 14.5. The summed E-state index contributed by atoms with van der Waals surface area (Å²) < 4.78 is 23.1. The van der Waals surface area contributed by atoms with E-state index in [2.05, 4.69) is 21.0 Å². The Morgan fingerprint density at radius 1 is 1.43 bits per heavy atom. The van der Waals surface area contributed by atoms with Crippen LogP contribution in [-0.4, -0.2) is 28.1 Å². The van der Waals surface area contributed by atoms with E-state index in [1.807, 2.05) is 4.68 Å². The summed E-state index contributed by atoms with van der Waals surface area (Å²) in [5.41, 5.74) is 1.52. The second-order valence-corrected chi connectivity index (χ2v) is 7.34. The predicted molar refractivity (Wildman–Crippen MR) is 88.8 cm³/mol. The van der Waals surface area contributed by atoms with Crippen LogP contribution in [0.3, 0.4) is 0 Å². The van der Waals surface area contributed by atoms with Gasteiger partial charge in [-0.15, -0.1) is 0 Å². The van der Waals surface area contributed by atoms with Crippen molar-refractivity contribution in [1.29, 1.82) is 0 Å². The number of nitrogens with zero attached hydrogens (tertiary/aromatic N) is 2. The van der Waals surface area contributed by atoms with E-state index in [1.54, 1.807) is 12.3 Å². The van der Waals surface area contributed by atoms with Gasteiger partial charge in [0.2, 0.25) is 0 Å². The van der Waals surface area contributed by atoms with Crippen LogP contribution in [0.4, 0.5) is 4.39 Å². The Labute approximate surface area is 142 Å². The zero-order valence-corrected chi connectivity index (χ0v) is 14.4. The first-order valence-electron chi connectivity index (χ1n) is 8.28. The zero-order valence-electron chi connectivity index (χ0n) is 12.8. The molecule has 1 saturated heterocycles. The van der Waals surface area contributed by atoms with E-state index in [9.17, 15) is 4.39 Å². The highest BCUT2D eigenvalue weighted by Crippen LogP contribution is 2.53. The van der Waals surface area contributed by atoms with Gasteiger partial charge in [0.15, 0.2) is 6.23 Å². The van der Waals surface area contributed by atoms with Crippen molar-refractivity contribution in [3.8, 4) is 0 Å². The molecule has 2 aliphatic rings. The molecule has 1 N–H and O–H groups in total. The van der Waals surface area contributed by atoms with Crippen LogP contribution in [0.15, 0.2) is 16.7 Å². The lowest BCUT2D eigenvalue weighted by Gasteiger charge is -2.23. The van der Waals surface area contributed by atoms with Crippen molar-refractivity contribution < 1.29 is 14.2 Å². The highest BCUT2D eigenvalue weighted by molar-refractivity contribution is 9.10. The maximum absolute atomic E-state index is 14.7. The number of aromatic nitrogens is 2. The molecule has 2 aromatic rings. The van der Waals surface area contributed by atoms with E-state index in [4.69, 9.17) is 9.84 Å². The first-order chi connectivity index (χ1) is 11.2. The fourth-order valence-corrected chi connectivity index (χ4v) is 4.49. The SMILES string of the molecule is OCC[C@H]1C[C@H]1c1c(F)cc2c(cnn2C2CCCCO2)c1Br. The number of aliphatic hydroxyl groups is 1. The lowest BCUT2D eigenvalue weighted by atomic mass is 10.0. The first-order valence-corrected chi connectivity index (χ1v) is 9.07. The van der Waals surface area contributed by atoms with Gasteiger partial charge in [0.1, 0.15) is 5.82 Å². The van der Waals surface area contributed by atoms with Crippen LogP contribution >= 0.6 is 15.9 Å². The highest BCUT2D eigenvalue weighted by atomic mass is 79.9. The van der Waals surface area contributed by atoms with Gasteiger partial charge in [-0.05, 0) is 59.9 Å². The third kappa shape index (κ3) is 2.71. The Hall–Kier alpha value is -0.980. The van der Waals surface area contributed by atoms with E-state index in [-0.39, 0.29) is 24.6 Å². The Kier molecular flexibility index (Phi) is 4.15. The molecule has 124 valence electrons. The van der Waals surface area contributed by atoms with Gasteiger partial charge < -0.3 is 9.84 Å². The van der Waals surface area contributed by atoms with Crippen LogP contribution in [0.5, 0.6) is 0 Å². The van der Waals surface area contributed by atoms with Crippen molar-refractivity contribution in [2.45, 2.75) is 44.2 Å². The summed E-state index contributed by atoms with van der Waals surface area (Å²) in [6, 6.07) is 1.59. The third-order valence-corrected chi connectivity index (χ3v) is 5.90. The average Bonchev–Trinajstić information content (AvgIpc) is 3.16. The molecule has 2 fully saturated rings. The molecule has 4 nitrogen and oxygen atoms in total. The van der Waals surface area contributed by atoms with E-state index in [0.717, 1.165) is 59.7 Å². The number of halogens is 2. The number of ether oxygens (including phenoxy) is 1. The Balaban J connectivity index is 1.72. The van der Waals surface area contributed by atoms with Gasteiger partial charge in [0, 0.05) is 34.7 Å². The maximum atomic E-state index is 14.7. The fourth-order valence-electron chi connectivity index (χ4n) is 3.70. The molecular formula is C17H20BrFN2O2. The predicted octanol–water partition coefficient (Wildman–Crippen LogP) is 4.12. The van der Waals surface area contributed by atoms with E-state index in [0.29, 0.717) is 5.92 Å². The van der Waals surface area contributed by atoms with Gasteiger partial charge >= 0.3 is 0 Å². The molecule has 1 aliphatic carbocycles. The van der Waals surface area contributed by atoms with Crippen LogP contribution < -0.4 is 0 Å². The summed E-state index contributed by atoms with van der Waals surface area (Å²) >= 11 is 3.59. The second-order valence-electron chi connectivity index (χ2n) is 6.54. The minimum absolute atomic E-state index is 0.0959. The number of aliphatic hydroxyl groups excluding tert-OH is 1. The van der Waals surface area contributed by atoms with Crippen molar-refractivity contribution in [3.05, 3.63) is 28.1 Å². The van der Waals surface area contributed by atoms with Crippen LogP contribution in [0.1, 0.15) is 49.8 Å². The molecule has 1 aromatic heterocycles. The molecule has 0 bridgehead atoms. The molecule has 6 heteroatoms. The van der Waals surface area contributed by atoms with E-state index < -0.39 is 0 Å². The summed E-state index contributed by atoms with van der Waals surface area (Å²) in [5.74, 6) is 0.405. The molecule has 3 atom stereocenters. The standard InChI is InChI=1S/C17H20BrFN2O2/c18-17-12-9-20-21(15-3-1-2-6-23-15)14(12)8-13(19)16(17)11-7-10(11)4-5-22/h8-11,15,22H,1-7H2/t10-,11+,15?/m0/s1. The van der Waals surface area contributed by atoms with Crippen LogP contribution in [-0.2, 0) is 4.74 Å². The van der Waals surface area contributed by atoms with E-state index in [1.165, 1.54) is 0 Å². The van der Waals surface area contributed by atoms with Crippen molar-refractivity contribution in [2.75, 3.05) is 13.2 Å². The third-order valence-electron chi connectivity index (χ3n) is 5.05. The molecule has 1 aliphatic heterocycles. The highest BCUT2D eigenvalue weighted by Gasteiger charge is 2.41. The molecule has 1 aromatic carbocycles.